The Balaban J connectivity index is 1.16. The molecule has 0 aromatic heterocycles. The fourth-order valence-corrected chi connectivity index (χ4v) is 6.57. The predicted octanol–water partition coefficient (Wildman–Crippen LogP) is 1.19. The summed E-state index contributed by atoms with van der Waals surface area (Å²) >= 11 is 0. The molecule has 0 amide bonds. The van der Waals surface area contributed by atoms with Crippen LogP contribution in [0.1, 0.15) is 38.5 Å². The Kier molecular flexibility index (Phi) is 5.68. The maximum absolute atomic E-state index is 10.4. The SMILES string of the molecule is OCCN1CCN(CC(O)COCC23CC4CC(CC(C4)C2)C3)CC1. The molecule has 2 N–H and O–H groups in total. The minimum absolute atomic E-state index is 0.237. The first-order chi connectivity index (χ1) is 12.1. The number of hydrogen-bond acceptors (Lipinski definition) is 5. The maximum atomic E-state index is 10.4. The molecule has 1 atom stereocenters. The lowest BCUT2D eigenvalue weighted by Gasteiger charge is -2.56. The molecule has 0 spiro atoms. The Hall–Kier alpha value is -0.200. The molecule has 0 aromatic carbocycles. The number of aliphatic hydroxyl groups excluding tert-OH is 2. The van der Waals surface area contributed by atoms with E-state index in [1.54, 1.807) is 0 Å². The lowest BCUT2D eigenvalue weighted by atomic mass is 9.50. The Bertz CT molecular complexity index is 401. The van der Waals surface area contributed by atoms with Crippen LogP contribution >= 0.6 is 0 Å². The molecule has 1 heterocycles. The van der Waals surface area contributed by atoms with Crippen LogP contribution in [0.25, 0.3) is 0 Å². The van der Waals surface area contributed by atoms with Crippen LogP contribution in [0.3, 0.4) is 0 Å². The molecular weight excluding hydrogens is 316 g/mol. The monoisotopic (exact) mass is 352 g/mol. The van der Waals surface area contributed by atoms with Crippen molar-refractivity contribution >= 4 is 0 Å². The molecule has 0 radical (unpaired) electrons. The van der Waals surface area contributed by atoms with Gasteiger partial charge in [-0.25, -0.2) is 0 Å². The van der Waals surface area contributed by atoms with E-state index in [9.17, 15) is 5.11 Å². The third-order valence-electron chi connectivity index (χ3n) is 7.23. The second-order valence-corrected chi connectivity index (χ2v) is 9.45. The number of nitrogens with zero attached hydrogens (tertiary/aromatic N) is 2. The van der Waals surface area contributed by atoms with Crippen LogP contribution in [0.5, 0.6) is 0 Å². The van der Waals surface area contributed by atoms with Gasteiger partial charge in [0.25, 0.3) is 0 Å². The summed E-state index contributed by atoms with van der Waals surface area (Å²) in [6, 6.07) is 0. The number of ether oxygens (including phenoxy) is 1. The third-order valence-corrected chi connectivity index (χ3v) is 7.23. The molecule has 5 heteroatoms. The molecule has 144 valence electrons. The van der Waals surface area contributed by atoms with Crippen LogP contribution in [0.2, 0.25) is 0 Å². The summed E-state index contributed by atoms with van der Waals surface area (Å²) in [6.45, 7) is 7.01. The topological polar surface area (TPSA) is 56.2 Å². The highest BCUT2D eigenvalue weighted by atomic mass is 16.5. The van der Waals surface area contributed by atoms with Crippen LogP contribution in [0.4, 0.5) is 0 Å². The minimum Gasteiger partial charge on any atom is -0.395 e. The second kappa shape index (κ2) is 7.81. The molecule has 5 fully saturated rings. The Morgan fingerprint density at radius 2 is 1.48 bits per heavy atom. The van der Waals surface area contributed by atoms with Crippen molar-refractivity contribution in [3.63, 3.8) is 0 Å². The van der Waals surface area contributed by atoms with Crippen molar-refractivity contribution in [3.8, 4) is 0 Å². The highest BCUT2D eigenvalue weighted by Gasteiger charge is 2.50. The quantitative estimate of drug-likeness (QED) is 0.687. The third kappa shape index (κ3) is 4.38. The first-order valence-corrected chi connectivity index (χ1v) is 10.5. The molecule has 25 heavy (non-hydrogen) atoms. The van der Waals surface area contributed by atoms with Gasteiger partial charge in [0.2, 0.25) is 0 Å². The highest BCUT2D eigenvalue weighted by molar-refractivity contribution is 5.01. The van der Waals surface area contributed by atoms with Gasteiger partial charge in [-0.3, -0.25) is 9.80 Å². The van der Waals surface area contributed by atoms with Gasteiger partial charge in [0.05, 0.1) is 25.9 Å². The van der Waals surface area contributed by atoms with E-state index in [4.69, 9.17) is 9.84 Å². The van der Waals surface area contributed by atoms with E-state index in [1.165, 1.54) is 38.5 Å². The summed E-state index contributed by atoms with van der Waals surface area (Å²) < 4.78 is 6.06. The van der Waals surface area contributed by atoms with E-state index < -0.39 is 0 Å². The van der Waals surface area contributed by atoms with Crippen molar-refractivity contribution in [2.75, 3.05) is 59.1 Å². The van der Waals surface area contributed by atoms with Crippen LogP contribution in [0, 0.1) is 23.2 Å². The van der Waals surface area contributed by atoms with E-state index in [0.717, 1.165) is 57.1 Å². The molecule has 1 aliphatic heterocycles. The van der Waals surface area contributed by atoms with Crippen LogP contribution in [-0.2, 0) is 4.74 Å². The van der Waals surface area contributed by atoms with Crippen molar-refractivity contribution in [1.29, 1.82) is 0 Å². The van der Waals surface area contributed by atoms with Crippen LogP contribution in [-0.4, -0.2) is 85.2 Å². The van der Waals surface area contributed by atoms with Crippen molar-refractivity contribution < 1.29 is 14.9 Å². The zero-order chi connectivity index (χ0) is 17.3. The van der Waals surface area contributed by atoms with Crippen molar-refractivity contribution in [2.24, 2.45) is 23.2 Å². The average Bonchev–Trinajstić information content (AvgIpc) is 2.55. The van der Waals surface area contributed by atoms with Gasteiger partial charge in [0.1, 0.15) is 0 Å². The van der Waals surface area contributed by atoms with Gasteiger partial charge in [-0.1, -0.05) is 0 Å². The standard InChI is InChI=1S/C20H36N2O3/c23-6-5-21-1-3-22(4-2-21)13-19(24)14-25-15-20-10-16-7-17(11-20)9-18(8-16)12-20/h16-19,23-24H,1-15H2. The number of hydrogen-bond donors (Lipinski definition) is 2. The summed E-state index contributed by atoms with van der Waals surface area (Å²) in [5, 5.41) is 19.4. The zero-order valence-electron chi connectivity index (χ0n) is 15.6. The Labute approximate surface area is 152 Å². The van der Waals surface area contributed by atoms with E-state index in [0.29, 0.717) is 18.6 Å². The number of β-amino-alcohol motifs (C(OH)–C–C–N with tert-alkyl or cyclic N) is 2. The zero-order valence-corrected chi connectivity index (χ0v) is 15.6. The average molecular weight is 353 g/mol. The van der Waals surface area contributed by atoms with Gasteiger partial charge in [-0.2, -0.15) is 0 Å². The number of rotatable bonds is 8. The van der Waals surface area contributed by atoms with E-state index in [-0.39, 0.29) is 12.7 Å². The minimum atomic E-state index is -0.377. The van der Waals surface area contributed by atoms with Gasteiger partial charge in [-0.05, 0) is 61.7 Å². The van der Waals surface area contributed by atoms with Gasteiger partial charge >= 0.3 is 0 Å². The molecule has 1 saturated heterocycles. The van der Waals surface area contributed by atoms with E-state index in [1.807, 2.05) is 0 Å². The molecule has 4 saturated carbocycles. The molecule has 4 aliphatic carbocycles. The van der Waals surface area contributed by atoms with E-state index >= 15 is 0 Å². The number of aliphatic hydroxyl groups is 2. The summed E-state index contributed by atoms with van der Waals surface area (Å²) in [5.41, 5.74) is 0.449. The lowest BCUT2D eigenvalue weighted by molar-refractivity contribution is -0.107. The second-order valence-electron chi connectivity index (χ2n) is 9.45. The lowest BCUT2D eigenvalue weighted by Crippen LogP contribution is -2.50. The normalized spacial score (nSPS) is 39.8. The van der Waals surface area contributed by atoms with Gasteiger partial charge in [0.15, 0.2) is 0 Å². The first kappa shape index (κ1) is 18.2. The van der Waals surface area contributed by atoms with Crippen molar-refractivity contribution in [3.05, 3.63) is 0 Å². The molecule has 5 aliphatic rings. The van der Waals surface area contributed by atoms with Gasteiger partial charge in [-0.15, -0.1) is 0 Å². The molecule has 1 unspecified atom stereocenters. The predicted molar refractivity (Wildman–Crippen MR) is 97.4 cm³/mol. The molecule has 5 nitrogen and oxygen atoms in total. The summed E-state index contributed by atoms with van der Waals surface area (Å²) in [4.78, 5) is 4.61. The fourth-order valence-electron chi connectivity index (χ4n) is 6.57. The van der Waals surface area contributed by atoms with Gasteiger partial charge in [0, 0.05) is 39.3 Å². The molecule has 4 bridgehead atoms. The number of piperazine rings is 1. The smallest absolute Gasteiger partial charge is 0.0900 e. The summed E-state index contributed by atoms with van der Waals surface area (Å²) in [6.07, 6.45) is 8.18. The first-order valence-electron chi connectivity index (χ1n) is 10.5. The summed E-state index contributed by atoms with van der Waals surface area (Å²) in [5.74, 6) is 2.90. The van der Waals surface area contributed by atoms with E-state index in [2.05, 4.69) is 9.80 Å². The van der Waals surface area contributed by atoms with Gasteiger partial charge < -0.3 is 14.9 Å². The largest absolute Gasteiger partial charge is 0.395 e. The fraction of sp³-hybridized carbons (Fsp3) is 1.00. The molecule has 0 aromatic rings. The van der Waals surface area contributed by atoms with Crippen LogP contribution in [0.15, 0.2) is 0 Å². The highest BCUT2D eigenvalue weighted by Crippen LogP contribution is 2.60. The Morgan fingerprint density at radius 1 is 0.920 bits per heavy atom. The Morgan fingerprint density at radius 3 is 2.04 bits per heavy atom. The molecular formula is C20H36N2O3. The van der Waals surface area contributed by atoms with Crippen molar-refractivity contribution in [2.45, 2.75) is 44.6 Å². The van der Waals surface area contributed by atoms with Crippen LogP contribution < -0.4 is 0 Å². The van der Waals surface area contributed by atoms with Crippen molar-refractivity contribution in [1.82, 2.24) is 9.80 Å². The summed E-state index contributed by atoms with van der Waals surface area (Å²) in [7, 11) is 0. The maximum Gasteiger partial charge on any atom is 0.0900 e. The molecule has 5 rings (SSSR count).